The lowest BCUT2D eigenvalue weighted by Crippen LogP contribution is -2.52. The molecule has 1 saturated heterocycles. The maximum atomic E-state index is 12.9. The van der Waals surface area contributed by atoms with Gasteiger partial charge in [0.05, 0.1) is 27.4 Å². The van der Waals surface area contributed by atoms with Crippen LogP contribution in [0.3, 0.4) is 0 Å². The highest BCUT2D eigenvalue weighted by Crippen LogP contribution is 2.50. The summed E-state index contributed by atoms with van der Waals surface area (Å²) in [6.45, 7) is 8.09. The van der Waals surface area contributed by atoms with E-state index >= 15 is 0 Å². The number of nitrogens with zero attached hydrogens (tertiary/aromatic N) is 3. The zero-order chi connectivity index (χ0) is 56.9. The highest BCUT2D eigenvalue weighted by Gasteiger charge is 2.48. The van der Waals surface area contributed by atoms with E-state index in [1.807, 2.05) is 31.7 Å². The first-order valence-corrected chi connectivity index (χ1v) is 30.9. The predicted molar refractivity (Wildman–Crippen MR) is 285 cm³/mol. The number of anilines is 1. The summed E-state index contributed by atoms with van der Waals surface area (Å²) >= 11 is 0. The summed E-state index contributed by atoms with van der Waals surface area (Å²) in [5.41, 5.74) is 0.895. The van der Waals surface area contributed by atoms with Crippen LogP contribution in [0.4, 0.5) is 11.4 Å². The second kappa shape index (κ2) is 23.9. The van der Waals surface area contributed by atoms with E-state index in [-0.39, 0.29) is 76.8 Å². The summed E-state index contributed by atoms with van der Waals surface area (Å²) in [5.74, 6) is -3.21. The van der Waals surface area contributed by atoms with Crippen molar-refractivity contribution in [1.29, 1.82) is 0 Å². The highest BCUT2D eigenvalue weighted by atomic mass is 32.2. The number of hydrogen-bond donors (Lipinski definition) is 4. The van der Waals surface area contributed by atoms with Crippen molar-refractivity contribution in [2.75, 3.05) is 62.7 Å². The Morgan fingerprint density at radius 2 is 1.44 bits per heavy atom. The molecule has 1 fully saturated rings. The Kier molecular flexibility index (Phi) is 18.9. The Morgan fingerprint density at radius 1 is 0.805 bits per heavy atom. The fourth-order valence-corrected chi connectivity index (χ4v) is 12.1. The molecule has 26 heteroatoms. The van der Waals surface area contributed by atoms with Crippen LogP contribution in [0.1, 0.15) is 102 Å². The minimum atomic E-state index is -4.73. The van der Waals surface area contributed by atoms with Gasteiger partial charge in [0.25, 0.3) is 52.3 Å². The molecule has 1 unspecified atom stereocenters. The van der Waals surface area contributed by atoms with Crippen LogP contribution in [0, 0.1) is 5.41 Å². The smallest absolute Gasteiger partial charge is 0.333 e. The molecule has 4 aliphatic rings. The Morgan fingerprint density at radius 3 is 2.03 bits per heavy atom. The average Bonchev–Trinajstić information content (AvgIpc) is 3.75. The Hall–Kier alpha value is -5.42. The Bertz CT molecular complexity index is 3290. The van der Waals surface area contributed by atoms with Crippen molar-refractivity contribution < 1.29 is 89.9 Å². The van der Waals surface area contributed by atoms with Gasteiger partial charge in [0.15, 0.2) is 5.71 Å². The van der Waals surface area contributed by atoms with Gasteiger partial charge in [-0.15, -0.1) is 5.06 Å². The van der Waals surface area contributed by atoms with E-state index in [0.717, 1.165) is 0 Å². The second-order valence-corrected chi connectivity index (χ2v) is 26.4. The molecule has 0 aliphatic carbocycles. The van der Waals surface area contributed by atoms with Crippen molar-refractivity contribution in [1.82, 2.24) is 5.06 Å². The minimum Gasteiger partial charge on any atom is -0.460 e. The zero-order valence-corrected chi connectivity index (χ0v) is 46.9. The van der Waals surface area contributed by atoms with E-state index in [1.165, 1.54) is 32.4 Å². The van der Waals surface area contributed by atoms with Crippen LogP contribution in [0.25, 0.3) is 11.1 Å². The van der Waals surface area contributed by atoms with Crippen LogP contribution >= 0.6 is 0 Å². The number of amides is 2. The first-order valence-electron chi connectivity index (χ1n) is 24.6. The lowest BCUT2D eigenvalue weighted by molar-refractivity contribution is -0.437. The van der Waals surface area contributed by atoms with E-state index < -0.39 is 96.8 Å². The van der Waals surface area contributed by atoms with Gasteiger partial charge in [0.1, 0.15) is 23.8 Å². The van der Waals surface area contributed by atoms with Crippen molar-refractivity contribution >= 4 is 86.5 Å². The molecule has 422 valence electrons. The van der Waals surface area contributed by atoms with E-state index in [2.05, 4.69) is 0 Å². The van der Waals surface area contributed by atoms with Gasteiger partial charge in [0.2, 0.25) is 5.69 Å². The van der Waals surface area contributed by atoms with Gasteiger partial charge in [-0.25, -0.2) is 4.79 Å². The molecule has 4 heterocycles. The van der Waals surface area contributed by atoms with Gasteiger partial charge in [0, 0.05) is 106 Å². The lowest BCUT2D eigenvalue weighted by Gasteiger charge is -2.48. The fourth-order valence-electron chi connectivity index (χ4n) is 9.98. The topological polar surface area (TPSA) is 315 Å². The van der Waals surface area contributed by atoms with Crippen molar-refractivity contribution in [3.8, 4) is 5.75 Å². The lowest BCUT2D eigenvalue weighted by atomic mass is 9.75. The summed E-state index contributed by atoms with van der Waals surface area (Å²) in [4.78, 5) is 43.8. The Labute approximate surface area is 449 Å². The number of rotatable bonds is 25. The van der Waals surface area contributed by atoms with Crippen LogP contribution in [-0.2, 0) is 74.6 Å². The molecular formula is C51H66N3O19S4+. The molecule has 22 nitrogen and oxygen atoms in total. The van der Waals surface area contributed by atoms with Gasteiger partial charge in [-0.2, -0.15) is 38.2 Å². The van der Waals surface area contributed by atoms with Gasteiger partial charge in [-0.3, -0.25) is 27.8 Å². The molecule has 0 aromatic heterocycles. The minimum absolute atomic E-state index is 0.00953. The number of hydroxylamine groups is 2. The molecule has 2 amide bonds. The molecule has 6 rings (SSSR count). The van der Waals surface area contributed by atoms with Crippen LogP contribution in [0.5, 0.6) is 5.75 Å². The van der Waals surface area contributed by atoms with Crippen LogP contribution < -0.4 is 9.64 Å². The highest BCUT2D eigenvalue weighted by molar-refractivity contribution is 7.86. The monoisotopic (exact) mass is 1150 g/mol. The summed E-state index contributed by atoms with van der Waals surface area (Å²) in [5, 5.41) is 0.434. The number of imide groups is 1. The third-order valence-corrected chi connectivity index (χ3v) is 16.8. The first-order chi connectivity index (χ1) is 35.8. The number of carbonyl (C=O) groups is 3. The van der Waals surface area contributed by atoms with Gasteiger partial charge in [-0.05, 0) is 74.4 Å². The molecule has 0 spiro atoms. The average molecular weight is 1150 g/mol. The zero-order valence-electron chi connectivity index (χ0n) is 43.6. The van der Waals surface area contributed by atoms with Crippen LogP contribution in [-0.4, -0.2) is 148 Å². The summed E-state index contributed by atoms with van der Waals surface area (Å²) in [6.07, 6.45) is 12.3. The Balaban J connectivity index is 1.45. The molecule has 0 radical (unpaired) electrons. The number of hydrogen-bond acceptors (Lipinski definition) is 16. The molecule has 0 saturated carbocycles. The van der Waals surface area contributed by atoms with Gasteiger partial charge in [-0.1, -0.05) is 51.2 Å². The summed E-state index contributed by atoms with van der Waals surface area (Å²) < 4.78 is 157. The number of fused-ring (bicyclic) bond motifs is 3. The summed E-state index contributed by atoms with van der Waals surface area (Å²) in [7, 11) is -15.1. The SMILES string of the molecule is COCCC1(CCOC)C=C(CS(=O)(=O)O)c2cc3c(cc2N1CCCS(=O)(=O)O)OC(C(C)(C)C)=C\C3=C/C=C/C=C/C1=[N+](CCCS(=O)(=O)O)c2ccc(S(=O)(=O)O)cc2C1(C)CCCC(=O)ON1C(=O)CCC1=O. The fraction of sp³-hybridized carbons (Fsp3) is 0.490. The van der Waals surface area contributed by atoms with E-state index in [0.29, 0.717) is 68.8 Å². The maximum Gasteiger partial charge on any atom is 0.333 e. The third kappa shape index (κ3) is 15.2. The molecule has 4 aliphatic heterocycles. The van der Waals surface area contributed by atoms with Gasteiger partial charge >= 0.3 is 5.97 Å². The normalized spacial score (nSPS) is 19.5. The van der Waals surface area contributed by atoms with Crippen molar-refractivity contribution in [2.45, 2.75) is 101 Å². The first kappa shape index (κ1) is 60.8. The van der Waals surface area contributed by atoms with E-state index in [1.54, 1.807) is 60.1 Å². The van der Waals surface area contributed by atoms with Crippen LogP contribution in [0.2, 0.25) is 0 Å². The number of methoxy groups -OCH3 is 2. The number of allylic oxidation sites excluding steroid dienone is 8. The molecule has 1 atom stereocenters. The van der Waals surface area contributed by atoms with E-state index in [9.17, 15) is 66.3 Å². The van der Waals surface area contributed by atoms with E-state index in [4.69, 9.17) is 19.0 Å². The molecule has 2 aromatic rings. The maximum absolute atomic E-state index is 12.9. The predicted octanol–water partition coefficient (Wildman–Crippen LogP) is 6.04. The molecule has 77 heavy (non-hydrogen) atoms. The quantitative estimate of drug-likeness (QED) is 0.0381. The molecule has 4 N–H and O–H groups in total. The van der Waals surface area contributed by atoms with Crippen molar-refractivity contribution in [3.63, 3.8) is 0 Å². The number of carbonyl (C=O) groups excluding carboxylic acids is 3. The largest absolute Gasteiger partial charge is 0.460 e. The van der Waals surface area contributed by atoms with Crippen molar-refractivity contribution in [3.05, 3.63) is 95.3 Å². The molecular weight excluding hydrogens is 1090 g/mol. The van der Waals surface area contributed by atoms with Gasteiger partial charge < -0.3 is 23.9 Å². The number of benzene rings is 2. The number of ether oxygens (including phenoxy) is 3. The third-order valence-electron chi connectivity index (χ3n) is 13.7. The molecule has 0 bridgehead atoms. The second-order valence-electron chi connectivity index (χ2n) is 20.4. The van der Waals surface area contributed by atoms with Crippen LogP contribution in [0.15, 0.2) is 83.5 Å². The summed E-state index contributed by atoms with van der Waals surface area (Å²) in [6, 6.07) is 7.41. The standard InChI is InChI=1S/C51H65N3O19S4/c1-49(2,3)45-29-35(39-31-38-36(34-76(64,65)66)33-51(21-25-70-5,22-26-71-6)53(24-12-28-75(61,62)63)42(38)32-43(39)72-45)13-8-7-9-14-44-50(4,20-10-15-48(57)73-54-46(55)18-19-47(54)56)40-30-37(77(67,68)69)16-17-41(40)52(44)23-11-27-74(58,59)60/h7-9,13-14,16-17,29-33H,10-12,15,18-28,34H2,1-6H3,(H3-,58,59,60,61,62,63,64,65,66,67,68,69)/p+1. The molecule has 2 aromatic carbocycles. The van der Waals surface area contributed by atoms with Crippen molar-refractivity contribution in [2.24, 2.45) is 5.41 Å².